The maximum Gasteiger partial charge on any atom is 0.138 e. The Morgan fingerprint density at radius 3 is 2.67 bits per heavy atom. The van der Waals surface area contributed by atoms with Gasteiger partial charge in [-0.1, -0.05) is 13.8 Å². The third kappa shape index (κ3) is 1.79. The molecule has 3 rings (SSSR count). The Morgan fingerprint density at radius 1 is 1.17 bits per heavy atom. The van der Waals surface area contributed by atoms with Crippen molar-refractivity contribution in [1.29, 1.82) is 0 Å². The molecule has 0 saturated carbocycles. The first-order valence-corrected chi connectivity index (χ1v) is 7.52. The first kappa shape index (κ1) is 11.9. The van der Waals surface area contributed by atoms with Crippen molar-refractivity contribution in [2.45, 2.75) is 45.4 Å². The van der Waals surface area contributed by atoms with Crippen LogP contribution in [0.15, 0.2) is 0 Å². The van der Waals surface area contributed by atoms with E-state index < -0.39 is 0 Å². The largest absolute Gasteiger partial charge is 0.372 e. The Bertz CT molecular complexity index is 586. The van der Waals surface area contributed by atoms with Crippen LogP contribution in [0.1, 0.15) is 48.9 Å². The summed E-state index contributed by atoms with van der Waals surface area (Å²) < 4.78 is 0. The molecule has 2 heterocycles. The van der Waals surface area contributed by atoms with E-state index in [1.54, 1.807) is 0 Å². The van der Waals surface area contributed by atoms with Gasteiger partial charge in [0.1, 0.15) is 16.5 Å². The van der Waals surface area contributed by atoms with Crippen LogP contribution in [-0.2, 0) is 12.8 Å². The highest BCUT2D eigenvalue weighted by atomic mass is 32.1. The van der Waals surface area contributed by atoms with Crippen molar-refractivity contribution in [3.63, 3.8) is 0 Å². The summed E-state index contributed by atoms with van der Waals surface area (Å²) in [5.74, 6) is 2.34. The zero-order valence-electron chi connectivity index (χ0n) is 11.2. The summed E-state index contributed by atoms with van der Waals surface area (Å²) in [6.45, 7) is 4.29. The van der Waals surface area contributed by atoms with Crippen molar-refractivity contribution < 1.29 is 0 Å². The van der Waals surface area contributed by atoms with Crippen molar-refractivity contribution in [1.82, 2.24) is 9.97 Å². The predicted octanol–water partition coefficient (Wildman–Crippen LogP) is 3.74. The van der Waals surface area contributed by atoms with E-state index in [-0.39, 0.29) is 0 Å². The number of hydrogen-bond donors (Lipinski definition) is 1. The van der Waals surface area contributed by atoms with Crippen LogP contribution in [0.5, 0.6) is 0 Å². The average Bonchev–Trinajstić information content (AvgIpc) is 2.75. The summed E-state index contributed by atoms with van der Waals surface area (Å²) in [4.78, 5) is 12.1. The van der Waals surface area contributed by atoms with Crippen LogP contribution < -0.4 is 5.32 Å². The molecule has 96 valence electrons. The van der Waals surface area contributed by atoms with Gasteiger partial charge in [0.2, 0.25) is 0 Å². The topological polar surface area (TPSA) is 37.8 Å². The molecule has 0 unspecified atom stereocenters. The number of hydrogen-bond acceptors (Lipinski definition) is 4. The molecule has 2 aromatic heterocycles. The number of nitrogens with one attached hydrogen (secondary N) is 1. The van der Waals surface area contributed by atoms with Crippen molar-refractivity contribution in [3.05, 3.63) is 16.3 Å². The minimum atomic E-state index is 0.376. The van der Waals surface area contributed by atoms with Crippen LogP contribution in [-0.4, -0.2) is 17.0 Å². The molecule has 0 radical (unpaired) electrons. The fourth-order valence-corrected chi connectivity index (χ4v) is 3.88. The van der Waals surface area contributed by atoms with E-state index in [0.717, 1.165) is 11.6 Å². The molecule has 0 atom stereocenters. The predicted molar refractivity (Wildman–Crippen MR) is 77.7 cm³/mol. The summed E-state index contributed by atoms with van der Waals surface area (Å²) in [7, 11) is 1.96. The van der Waals surface area contributed by atoms with Crippen molar-refractivity contribution in [2.24, 2.45) is 0 Å². The molecule has 1 aliphatic carbocycles. The number of anilines is 1. The van der Waals surface area contributed by atoms with Crippen LogP contribution >= 0.6 is 11.3 Å². The lowest BCUT2D eigenvalue weighted by Gasteiger charge is -2.12. The molecule has 2 aromatic rings. The lowest BCUT2D eigenvalue weighted by atomic mass is 9.97. The Hall–Kier alpha value is -1.16. The maximum atomic E-state index is 4.76. The summed E-state index contributed by atoms with van der Waals surface area (Å²) in [5, 5.41) is 4.54. The van der Waals surface area contributed by atoms with Gasteiger partial charge in [0.15, 0.2) is 0 Å². The standard InChI is InChI=1S/C14H19N3S/c1-8(2)12-16-13(15-3)11-9-6-4-5-7-10(9)18-14(11)17-12/h8H,4-7H2,1-3H3,(H,15,16,17). The van der Waals surface area contributed by atoms with Gasteiger partial charge in [-0.3, -0.25) is 0 Å². The molecule has 1 aliphatic rings. The van der Waals surface area contributed by atoms with Crippen LogP contribution in [0.4, 0.5) is 5.82 Å². The van der Waals surface area contributed by atoms with E-state index in [2.05, 4.69) is 24.1 Å². The number of aromatic nitrogens is 2. The highest BCUT2D eigenvalue weighted by Gasteiger charge is 2.21. The molecule has 0 bridgehead atoms. The minimum absolute atomic E-state index is 0.376. The summed E-state index contributed by atoms with van der Waals surface area (Å²) >= 11 is 1.87. The monoisotopic (exact) mass is 261 g/mol. The molecule has 3 nitrogen and oxygen atoms in total. The Labute approximate surface area is 112 Å². The van der Waals surface area contributed by atoms with Gasteiger partial charge in [0, 0.05) is 17.8 Å². The first-order chi connectivity index (χ1) is 8.70. The van der Waals surface area contributed by atoms with E-state index in [9.17, 15) is 0 Å². The van der Waals surface area contributed by atoms with Gasteiger partial charge < -0.3 is 5.32 Å². The quantitative estimate of drug-likeness (QED) is 0.895. The number of nitrogens with zero attached hydrogens (tertiary/aromatic N) is 2. The summed E-state index contributed by atoms with van der Waals surface area (Å²) in [6, 6.07) is 0. The zero-order valence-corrected chi connectivity index (χ0v) is 12.0. The van der Waals surface area contributed by atoms with E-state index >= 15 is 0 Å². The second-order valence-electron chi connectivity index (χ2n) is 5.23. The molecule has 0 aromatic carbocycles. The fraction of sp³-hybridized carbons (Fsp3) is 0.571. The minimum Gasteiger partial charge on any atom is -0.372 e. The highest BCUT2D eigenvalue weighted by Crippen LogP contribution is 2.38. The smallest absolute Gasteiger partial charge is 0.138 e. The van der Waals surface area contributed by atoms with Gasteiger partial charge in [-0.2, -0.15) is 0 Å². The summed E-state index contributed by atoms with van der Waals surface area (Å²) in [6.07, 6.45) is 5.03. The Kier molecular flexibility index (Phi) is 2.98. The fourth-order valence-electron chi connectivity index (χ4n) is 2.61. The lowest BCUT2D eigenvalue weighted by Crippen LogP contribution is -2.04. The second-order valence-corrected chi connectivity index (χ2v) is 6.31. The van der Waals surface area contributed by atoms with Gasteiger partial charge in [-0.15, -0.1) is 11.3 Å². The van der Waals surface area contributed by atoms with Crippen molar-refractivity contribution in [2.75, 3.05) is 12.4 Å². The van der Waals surface area contributed by atoms with Crippen LogP contribution in [0.25, 0.3) is 10.2 Å². The number of rotatable bonds is 2. The number of aryl methyl sites for hydroxylation is 2. The third-order valence-corrected chi connectivity index (χ3v) is 4.77. The molecular formula is C14H19N3S. The molecular weight excluding hydrogens is 242 g/mol. The average molecular weight is 261 g/mol. The van der Waals surface area contributed by atoms with E-state index in [0.29, 0.717) is 5.92 Å². The molecule has 0 aliphatic heterocycles. The van der Waals surface area contributed by atoms with Crippen molar-refractivity contribution >= 4 is 27.4 Å². The van der Waals surface area contributed by atoms with Crippen molar-refractivity contribution in [3.8, 4) is 0 Å². The Balaban J connectivity index is 2.27. The van der Waals surface area contributed by atoms with Gasteiger partial charge >= 0.3 is 0 Å². The molecule has 0 saturated heterocycles. The molecule has 1 N–H and O–H groups in total. The van der Waals surface area contributed by atoms with E-state index in [1.807, 2.05) is 18.4 Å². The maximum absolute atomic E-state index is 4.76. The normalized spacial score (nSPS) is 15.1. The highest BCUT2D eigenvalue weighted by molar-refractivity contribution is 7.19. The molecule has 0 amide bonds. The summed E-state index contributed by atoms with van der Waals surface area (Å²) in [5.41, 5.74) is 1.50. The third-order valence-electron chi connectivity index (χ3n) is 3.59. The SMILES string of the molecule is CNc1nc(C(C)C)nc2sc3c(c12)CCCC3. The van der Waals surface area contributed by atoms with Gasteiger partial charge in [-0.25, -0.2) is 9.97 Å². The van der Waals surface area contributed by atoms with Gasteiger partial charge in [-0.05, 0) is 31.2 Å². The number of thiophene rings is 1. The molecule has 4 heteroatoms. The molecule has 0 spiro atoms. The molecule has 18 heavy (non-hydrogen) atoms. The van der Waals surface area contributed by atoms with E-state index in [4.69, 9.17) is 4.98 Å². The zero-order chi connectivity index (χ0) is 12.7. The van der Waals surface area contributed by atoms with Gasteiger partial charge in [0.05, 0.1) is 5.39 Å². The van der Waals surface area contributed by atoms with E-state index in [1.165, 1.54) is 46.3 Å². The second kappa shape index (κ2) is 4.50. The van der Waals surface area contributed by atoms with Gasteiger partial charge in [0.25, 0.3) is 0 Å². The van der Waals surface area contributed by atoms with Crippen LogP contribution in [0.3, 0.4) is 0 Å². The van der Waals surface area contributed by atoms with Crippen LogP contribution in [0.2, 0.25) is 0 Å². The lowest BCUT2D eigenvalue weighted by molar-refractivity contribution is 0.700. The first-order valence-electron chi connectivity index (χ1n) is 6.70. The molecule has 0 fully saturated rings. The Morgan fingerprint density at radius 2 is 1.94 bits per heavy atom. The van der Waals surface area contributed by atoms with Crippen LogP contribution in [0, 0.1) is 0 Å². The number of fused-ring (bicyclic) bond motifs is 3.